The number of pyridine rings is 1. The van der Waals surface area contributed by atoms with Gasteiger partial charge in [-0.2, -0.15) is 0 Å². The summed E-state index contributed by atoms with van der Waals surface area (Å²) in [5.74, 6) is 1.45. The highest BCUT2D eigenvalue weighted by molar-refractivity contribution is 7.91. The Morgan fingerprint density at radius 1 is 1.23 bits per heavy atom. The van der Waals surface area contributed by atoms with Crippen LogP contribution in [0.2, 0.25) is 0 Å². The minimum absolute atomic E-state index is 0.0128. The Bertz CT molecular complexity index is 1380. The van der Waals surface area contributed by atoms with Crippen molar-refractivity contribution in [2.75, 3.05) is 36.3 Å². The van der Waals surface area contributed by atoms with Gasteiger partial charge < -0.3 is 24.7 Å². The van der Waals surface area contributed by atoms with Crippen molar-refractivity contribution in [2.24, 2.45) is 0 Å². The van der Waals surface area contributed by atoms with Crippen LogP contribution in [0, 0.1) is 0 Å². The number of fused-ring (bicyclic) bond motifs is 4. The summed E-state index contributed by atoms with van der Waals surface area (Å²) in [4.78, 5) is 19.8. The van der Waals surface area contributed by atoms with Crippen LogP contribution in [0.3, 0.4) is 0 Å². The van der Waals surface area contributed by atoms with Gasteiger partial charge >= 0.3 is 0 Å². The number of rotatable bonds is 5. The van der Waals surface area contributed by atoms with E-state index in [0.717, 1.165) is 16.6 Å². The molecule has 0 aliphatic carbocycles. The Hall–Kier alpha value is -2.92. The van der Waals surface area contributed by atoms with Crippen molar-refractivity contribution in [3.8, 4) is 17.1 Å². The van der Waals surface area contributed by atoms with Crippen molar-refractivity contribution < 1.29 is 17.9 Å². The lowest BCUT2D eigenvalue weighted by atomic mass is 10.0. The summed E-state index contributed by atoms with van der Waals surface area (Å²) in [6, 6.07) is 2.11. The number of nitrogens with one attached hydrogen (secondary N) is 2. The van der Waals surface area contributed by atoms with Crippen LogP contribution in [0.15, 0.2) is 18.5 Å². The van der Waals surface area contributed by atoms with Crippen LogP contribution < -0.4 is 15.0 Å². The van der Waals surface area contributed by atoms with E-state index in [1.165, 1.54) is 6.26 Å². The second-order valence-electron chi connectivity index (χ2n) is 10.2. The molecule has 3 aromatic rings. The number of nitrogens with zero attached hydrogens (tertiary/aromatic N) is 4. The monoisotopic (exact) mass is 500 g/mol. The molecule has 5 rings (SSSR count). The fourth-order valence-electron chi connectivity index (χ4n) is 4.70. The van der Waals surface area contributed by atoms with E-state index in [0.29, 0.717) is 48.6 Å². The lowest BCUT2D eigenvalue weighted by molar-refractivity contribution is 0.0482. The molecule has 0 saturated carbocycles. The molecule has 0 bridgehead atoms. The summed E-state index contributed by atoms with van der Waals surface area (Å²) in [5.41, 5.74) is 2.60. The van der Waals surface area contributed by atoms with Gasteiger partial charge in [-0.3, -0.25) is 0 Å². The summed E-state index contributed by atoms with van der Waals surface area (Å²) in [7, 11) is -3.54. The van der Waals surface area contributed by atoms with Crippen molar-refractivity contribution in [1.82, 2.24) is 19.9 Å². The number of hydrogen-bond donors (Lipinski definition) is 2. The van der Waals surface area contributed by atoms with Gasteiger partial charge in [-0.05, 0) is 40.7 Å². The molecule has 2 N–H and O–H groups in total. The maximum absolute atomic E-state index is 12.9. The predicted octanol–water partition coefficient (Wildman–Crippen LogP) is 3.11. The molecule has 11 heteroatoms. The number of H-pyrrole nitrogens is 1. The first-order valence-corrected chi connectivity index (χ1v) is 13.7. The molecule has 35 heavy (non-hydrogen) atoms. The first-order chi connectivity index (χ1) is 16.5. The van der Waals surface area contributed by atoms with Gasteiger partial charge in [-0.1, -0.05) is 0 Å². The molecule has 0 radical (unpaired) electrons. The molecule has 1 saturated heterocycles. The van der Waals surface area contributed by atoms with Crippen LogP contribution in [0.4, 0.5) is 11.5 Å². The molecule has 1 fully saturated rings. The number of aromatic nitrogens is 4. The van der Waals surface area contributed by atoms with E-state index < -0.39 is 14.6 Å². The van der Waals surface area contributed by atoms with Crippen LogP contribution in [-0.2, 0) is 19.3 Å². The zero-order valence-corrected chi connectivity index (χ0v) is 21.7. The van der Waals surface area contributed by atoms with E-state index in [2.05, 4.69) is 27.1 Å². The van der Waals surface area contributed by atoms with Crippen LogP contribution in [0.25, 0.3) is 22.4 Å². The van der Waals surface area contributed by atoms with Crippen molar-refractivity contribution in [1.29, 1.82) is 0 Å². The third kappa shape index (κ3) is 3.90. The zero-order chi connectivity index (χ0) is 25.1. The Balaban J connectivity index is 1.83. The van der Waals surface area contributed by atoms with E-state index in [1.54, 1.807) is 20.0 Å². The Labute approximate surface area is 205 Å². The summed E-state index contributed by atoms with van der Waals surface area (Å²) in [6.07, 6.45) is 4.81. The smallest absolute Gasteiger partial charge is 0.185 e. The third-order valence-electron chi connectivity index (χ3n) is 6.80. The van der Waals surface area contributed by atoms with Crippen LogP contribution in [-0.4, -0.2) is 72.6 Å². The third-order valence-corrected chi connectivity index (χ3v) is 8.85. The maximum Gasteiger partial charge on any atom is 0.185 e. The second kappa shape index (κ2) is 8.34. The average molecular weight is 501 g/mol. The number of anilines is 2. The SMILES string of the molecule is CC(C)Nc1cnc2[nH]ccc2c1-c1nc2c(c(C(C)(C)S(C)(=O)=O)n1)OC[C@@H]1COC[C@@H](C)N21. The van der Waals surface area contributed by atoms with E-state index in [1.807, 2.05) is 26.1 Å². The summed E-state index contributed by atoms with van der Waals surface area (Å²) in [5, 5.41) is 4.30. The summed E-state index contributed by atoms with van der Waals surface area (Å²) >= 11 is 0. The lowest BCUT2D eigenvalue weighted by Crippen LogP contribution is -2.56. The molecular formula is C24H32N6O4S. The van der Waals surface area contributed by atoms with E-state index in [4.69, 9.17) is 19.4 Å². The highest BCUT2D eigenvalue weighted by Crippen LogP contribution is 2.45. The molecule has 0 unspecified atom stereocenters. The first-order valence-electron chi connectivity index (χ1n) is 11.8. The van der Waals surface area contributed by atoms with Crippen molar-refractivity contribution in [2.45, 2.75) is 57.5 Å². The average Bonchev–Trinajstić information content (AvgIpc) is 3.25. The molecule has 2 aliphatic heterocycles. The minimum atomic E-state index is -3.54. The van der Waals surface area contributed by atoms with Crippen molar-refractivity contribution in [3.63, 3.8) is 0 Å². The highest BCUT2D eigenvalue weighted by Gasteiger charge is 2.44. The van der Waals surface area contributed by atoms with Gasteiger partial charge in [0, 0.05) is 23.9 Å². The lowest BCUT2D eigenvalue weighted by Gasteiger charge is -2.45. The van der Waals surface area contributed by atoms with Gasteiger partial charge in [-0.25, -0.2) is 23.4 Å². The number of morpholine rings is 1. The Morgan fingerprint density at radius 2 is 2.00 bits per heavy atom. The van der Waals surface area contributed by atoms with Crippen molar-refractivity contribution >= 4 is 32.4 Å². The fourth-order valence-corrected chi connectivity index (χ4v) is 5.19. The highest BCUT2D eigenvalue weighted by atomic mass is 32.2. The molecule has 0 spiro atoms. The minimum Gasteiger partial charge on any atom is -0.486 e. The topological polar surface area (TPSA) is 122 Å². The number of sulfone groups is 1. The summed E-state index contributed by atoms with van der Waals surface area (Å²) in [6.45, 7) is 11.0. The van der Waals surface area contributed by atoms with E-state index >= 15 is 0 Å². The standard InChI is InChI=1S/C24H32N6O4S/c1-13(2)27-17-9-26-21-16(7-8-25-21)18(17)22-28-20(24(4,5)35(6,31)32)19-23(29-22)30-14(3)10-33-11-15(30)12-34-19/h7-9,13-15,27H,10-12H2,1-6H3,(H,25,26)/t14-,15+/m1/s1. The van der Waals surface area contributed by atoms with Crippen LogP contribution >= 0.6 is 0 Å². The number of ether oxygens (including phenoxy) is 2. The van der Waals surface area contributed by atoms with Gasteiger partial charge in [0.15, 0.2) is 27.2 Å². The van der Waals surface area contributed by atoms with E-state index in [9.17, 15) is 8.42 Å². The number of hydrogen-bond acceptors (Lipinski definition) is 9. The molecule has 0 aromatic carbocycles. The van der Waals surface area contributed by atoms with Crippen LogP contribution in [0.1, 0.15) is 40.3 Å². The molecule has 2 aliphatic rings. The number of aromatic amines is 1. The van der Waals surface area contributed by atoms with Gasteiger partial charge in [0.2, 0.25) is 0 Å². The van der Waals surface area contributed by atoms with Gasteiger partial charge in [-0.15, -0.1) is 0 Å². The molecule has 188 valence electrons. The molecule has 3 aromatic heterocycles. The van der Waals surface area contributed by atoms with E-state index in [-0.39, 0.29) is 18.1 Å². The first kappa shape index (κ1) is 23.8. The van der Waals surface area contributed by atoms with Crippen LogP contribution in [0.5, 0.6) is 5.75 Å². The molecule has 10 nitrogen and oxygen atoms in total. The molecule has 2 atom stereocenters. The zero-order valence-electron chi connectivity index (χ0n) is 20.9. The molecule has 5 heterocycles. The van der Waals surface area contributed by atoms with Gasteiger partial charge in [0.1, 0.15) is 22.7 Å². The largest absolute Gasteiger partial charge is 0.486 e. The normalized spacial score (nSPS) is 20.5. The van der Waals surface area contributed by atoms with Gasteiger partial charge in [0.05, 0.1) is 42.7 Å². The Kier molecular flexibility index (Phi) is 5.67. The fraction of sp³-hybridized carbons (Fsp3) is 0.542. The predicted molar refractivity (Wildman–Crippen MR) is 136 cm³/mol. The van der Waals surface area contributed by atoms with Gasteiger partial charge in [0.25, 0.3) is 0 Å². The van der Waals surface area contributed by atoms with Crippen molar-refractivity contribution in [3.05, 3.63) is 24.2 Å². The summed E-state index contributed by atoms with van der Waals surface area (Å²) < 4.78 is 36.5. The molecular weight excluding hydrogens is 468 g/mol. The second-order valence-corrected chi connectivity index (χ2v) is 12.7. The quantitative estimate of drug-likeness (QED) is 0.544. The Morgan fingerprint density at radius 3 is 2.71 bits per heavy atom. The maximum atomic E-state index is 12.9. The molecule has 0 amide bonds.